The number of aromatic nitrogens is 2. The van der Waals surface area contributed by atoms with Crippen molar-refractivity contribution in [3.8, 4) is 11.6 Å². The summed E-state index contributed by atoms with van der Waals surface area (Å²) in [6, 6.07) is 4.60. The molecule has 0 unspecified atom stereocenters. The number of carbonyl (C=O) groups is 1. The zero-order valence-corrected chi connectivity index (χ0v) is 20.2. The van der Waals surface area contributed by atoms with E-state index in [4.69, 9.17) is 18.9 Å². The first-order chi connectivity index (χ1) is 16.4. The molecular weight excluding hydrogens is 443 g/mol. The number of carbonyl (C=O) groups excluding carboxylic acids is 1. The van der Waals surface area contributed by atoms with E-state index >= 15 is 0 Å². The van der Waals surface area contributed by atoms with Crippen molar-refractivity contribution in [2.45, 2.75) is 52.7 Å². The molecule has 34 heavy (non-hydrogen) atoms. The summed E-state index contributed by atoms with van der Waals surface area (Å²) in [5.74, 6) is 0.841. The van der Waals surface area contributed by atoms with Crippen LogP contribution in [0.15, 0.2) is 24.5 Å². The third-order valence-electron chi connectivity index (χ3n) is 5.25. The molecule has 186 valence electrons. The van der Waals surface area contributed by atoms with E-state index in [0.29, 0.717) is 68.8 Å². The van der Waals surface area contributed by atoms with Crippen LogP contribution in [-0.4, -0.2) is 66.1 Å². The molecule has 1 aromatic carbocycles. The molecule has 2 aromatic rings. The van der Waals surface area contributed by atoms with E-state index in [1.54, 1.807) is 17.0 Å². The highest BCUT2D eigenvalue weighted by Gasteiger charge is 2.26. The van der Waals surface area contributed by atoms with Crippen LogP contribution in [0.4, 0.5) is 20.7 Å². The fourth-order valence-electron chi connectivity index (χ4n) is 3.45. The third-order valence-corrected chi connectivity index (χ3v) is 5.25. The molecule has 0 spiro atoms. The number of halogens is 1. The number of hydrogen-bond acceptors (Lipinski definition) is 8. The molecule has 0 aliphatic carbocycles. The van der Waals surface area contributed by atoms with Crippen molar-refractivity contribution < 1.29 is 28.1 Å². The fraction of sp³-hybridized carbons (Fsp3) is 0.542. The second kappa shape index (κ2) is 12.4. The number of likely N-dealkylation sites (tertiary alicyclic amines) is 1. The maximum absolute atomic E-state index is 14.6. The third kappa shape index (κ3) is 7.18. The Bertz CT molecular complexity index is 951. The zero-order valence-electron chi connectivity index (χ0n) is 20.2. The van der Waals surface area contributed by atoms with Gasteiger partial charge >= 0.3 is 6.09 Å². The topological polar surface area (TPSA) is 95.0 Å². The smallest absolute Gasteiger partial charge is 0.410 e. The highest BCUT2D eigenvalue weighted by Crippen LogP contribution is 2.29. The molecule has 1 aliphatic rings. The predicted octanol–water partition coefficient (Wildman–Crippen LogP) is 4.47. The van der Waals surface area contributed by atoms with Crippen molar-refractivity contribution in [2.24, 2.45) is 0 Å². The minimum Gasteiger partial charge on any atom is -0.491 e. The van der Waals surface area contributed by atoms with Crippen molar-refractivity contribution in [2.75, 3.05) is 38.2 Å². The zero-order chi connectivity index (χ0) is 24.5. The lowest BCUT2D eigenvalue weighted by Gasteiger charge is -2.32. The van der Waals surface area contributed by atoms with Gasteiger partial charge in [-0.1, -0.05) is 0 Å². The summed E-state index contributed by atoms with van der Waals surface area (Å²) in [6.07, 6.45) is 2.17. The lowest BCUT2D eigenvalue weighted by Crippen LogP contribution is -2.42. The minimum absolute atomic E-state index is 0.0885. The number of benzene rings is 1. The second-order valence-corrected chi connectivity index (χ2v) is 8.20. The standard InChI is InChI=1S/C24H33FN4O5/c1-5-31-12-13-32-19-6-7-21(20(25)14-19)28-22-17(4)23(27-15-26-22)34-18-8-10-29(11-9-18)24(30)33-16(2)3/h6-7,14-16,18H,5,8-13H2,1-4H3,(H,26,27,28). The number of amides is 1. The lowest BCUT2D eigenvalue weighted by molar-refractivity contribution is 0.0505. The summed E-state index contributed by atoms with van der Waals surface area (Å²) in [5.41, 5.74) is 0.933. The summed E-state index contributed by atoms with van der Waals surface area (Å²) in [4.78, 5) is 22.2. The van der Waals surface area contributed by atoms with E-state index in [0.717, 1.165) is 0 Å². The summed E-state index contributed by atoms with van der Waals surface area (Å²) < 4.78 is 36.7. The molecule has 1 fully saturated rings. The molecule has 2 heterocycles. The molecular formula is C24H33FN4O5. The normalized spacial score (nSPS) is 14.2. The first-order valence-corrected chi connectivity index (χ1v) is 11.6. The van der Waals surface area contributed by atoms with Gasteiger partial charge in [0.2, 0.25) is 5.88 Å². The van der Waals surface area contributed by atoms with Crippen LogP contribution in [0.5, 0.6) is 11.6 Å². The van der Waals surface area contributed by atoms with Crippen molar-refractivity contribution in [3.05, 3.63) is 35.9 Å². The lowest BCUT2D eigenvalue weighted by atomic mass is 10.1. The number of hydrogen-bond donors (Lipinski definition) is 1. The Kier molecular flexibility index (Phi) is 9.26. The maximum atomic E-state index is 14.6. The van der Waals surface area contributed by atoms with Crippen molar-refractivity contribution >= 4 is 17.6 Å². The van der Waals surface area contributed by atoms with Crippen molar-refractivity contribution in [1.29, 1.82) is 0 Å². The largest absolute Gasteiger partial charge is 0.491 e. The molecule has 0 saturated carbocycles. The minimum atomic E-state index is -0.463. The van der Waals surface area contributed by atoms with Gasteiger partial charge in [0.15, 0.2) is 0 Å². The van der Waals surface area contributed by atoms with Gasteiger partial charge in [-0.25, -0.2) is 19.2 Å². The molecule has 9 nitrogen and oxygen atoms in total. The van der Waals surface area contributed by atoms with E-state index in [-0.39, 0.29) is 24.0 Å². The molecule has 0 radical (unpaired) electrons. The number of piperidine rings is 1. The summed E-state index contributed by atoms with van der Waals surface area (Å²) in [7, 11) is 0. The van der Waals surface area contributed by atoms with Gasteiger partial charge in [0.05, 0.1) is 24.0 Å². The van der Waals surface area contributed by atoms with E-state index < -0.39 is 5.82 Å². The summed E-state index contributed by atoms with van der Waals surface area (Å²) in [6.45, 7) is 9.88. The highest BCUT2D eigenvalue weighted by molar-refractivity contribution is 5.68. The van der Waals surface area contributed by atoms with Gasteiger partial charge in [-0.2, -0.15) is 0 Å². The van der Waals surface area contributed by atoms with Gasteiger partial charge in [-0.3, -0.25) is 0 Å². The maximum Gasteiger partial charge on any atom is 0.410 e. The van der Waals surface area contributed by atoms with Crippen molar-refractivity contribution in [3.63, 3.8) is 0 Å². The molecule has 10 heteroatoms. The number of anilines is 2. The van der Waals surface area contributed by atoms with Crippen LogP contribution in [0.2, 0.25) is 0 Å². The van der Waals surface area contributed by atoms with E-state index in [1.807, 2.05) is 27.7 Å². The van der Waals surface area contributed by atoms with E-state index in [1.165, 1.54) is 12.4 Å². The van der Waals surface area contributed by atoms with Crippen LogP contribution >= 0.6 is 0 Å². The number of rotatable bonds is 10. The van der Waals surface area contributed by atoms with Gasteiger partial charge in [0.1, 0.15) is 36.4 Å². The van der Waals surface area contributed by atoms with Crippen LogP contribution < -0.4 is 14.8 Å². The molecule has 1 aromatic heterocycles. The molecule has 3 rings (SSSR count). The molecule has 0 atom stereocenters. The van der Waals surface area contributed by atoms with E-state index in [2.05, 4.69) is 15.3 Å². The average Bonchev–Trinajstić information content (AvgIpc) is 2.81. The van der Waals surface area contributed by atoms with Crippen LogP contribution in [-0.2, 0) is 9.47 Å². The molecule has 0 bridgehead atoms. The van der Waals surface area contributed by atoms with Crippen LogP contribution in [0, 0.1) is 12.7 Å². The van der Waals surface area contributed by atoms with Gasteiger partial charge in [-0.15, -0.1) is 0 Å². The Morgan fingerprint density at radius 3 is 2.68 bits per heavy atom. The molecule has 1 aliphatic heterocycles. The SMILES string of the molecule is CCOCCOc1ccc(Nc2ncnc(OC3CCN(C(=O)OC(C)C)CC3)c2C)c(F)c1. The first kappa shape index (κ1) is 25.5. The van der Waals surface area contributed by atoms with Crippen LogP contribution in [0.25, 0.3) is 0 Å². The first-order valence-electron chi connectivity index (χ1n) is 11.6. The van der Waals surface area contributed by atoms with Gasteiger partial charge < -0.3 is 29.2 Å². The summed E-state index contributed by atoms with van der Waals surface area (Å²) in [5, 5.41) is 3.01. The quantitative estimate of drug-likeness (QED) is 0.502. The predicted molar refractivity (Wildman–Crippen MR) is 125 cm³/mol. The van der Waals surface area contributed by atoms with Gasteiger partial charge in [-0.05, 0) is 39.8 Å². The fourth-order valence-corrected chi connectivity index (χ4v) is 3.45. The highest BCUT2D eigenvalue weighted by atomic mass is 19.1. The Morgan fingerprint density at radius 1 is 1.24 bits per heavy atom. The molecule has 1 saturated heterocycles. The van der Waals surface area contributed by atoms with Gasteiger partial charge in [0.25, 0.3) is 0 Å². The van der Waals surface area contributed by atoms with Gasteiger partial charge in [0, 0.05) is 38.6 Å². The van der Waals surface area contributed by atoms with Crippen molar-refractivity contribution in [1.82, 2.24) is 14.9 Å². The Hall–Kier alpha value is -3.14. The Morgan fingerprint density at radius 2 is 2.00 bits per heavy atom. The molecule has 1 N–H and O–H groups in total. The number of nitrogens with one attached hydrogen (secondary N) is 1. The monoisotopic (exact) mass is 476 g/mol. The average molecular weight is 477 g/mol. The Labute approximate surface area is 199 Å². The number of ether oxygens (including phenoxy) is 4. The Balaban J connectivity index is 1.57. The summed E-state index contributed by atoms with van der Waals surface area (Å²) >= 11 is 0. The van der Waals surface area contributed by atoms with Crippen LogP contribution in [0.3, 0.4) is 0 Å². The van der Waals surface area contributed by atoms with Crippen LogP contribution in [0.1, 0.15) is 39.2 Å². The van der Waals surface area contributed by atoms with E-state index in [9.17, 15) is 9.18 Å². The second-order valence-electron chi connectivity index (χ2n) is 8.20. The number of nitrogens with zero attached hydrogens (tertiary/aromatic N) is 3. The molecule has 1 amide bonds.